The number of nitrogens with one attached hydrogen (secondary N) is 1. The highest BCUT2D eigenvalue weighted by Crippen LogP contribution is 2.22. The summed E-state index contributed by atoms with van der Waals surface area (Å²) in [5.74, 6) is -0.640. The maximum atomic E-state index is 12.4. The second-order valence-electron chi connectivity index (χ2n) is 4.67. The minimum absolute atomic E-state index is 0.112. The van der Waals surface area contributed by atoms with Gasteiger partial charge < -0.3 is 15.6 Å². The van der Waals surface area contributed by atoms with Crippen molar-refractivity contribution in [3.8, 4) is 0 Å². The summed E-state index contributed by atoms with van der Waals surface area (Å²) in [6.45, 7) is 0.925. The van der Waals surface area contributed by atoms with Gasteiger partial charge in [0.15, 0.2) is 0 Å². The Morgan fingerprint density at radius 1 is 1.53 bits per heavy atom. The van der Waals surface area contributed by atoms with Gasteiger partial charge in [-0.25, -0.2) is 8.42 Å². The first-order valence-corrected chi connectivity index (χ1v) is 7.44. The number of nitrogens with two attached hydrogens (primary N) is 1. The fourth-order valence-electron chi connectivity index (χ4n) is 2.25. The number of likely N-dealkylation sites (N-methyl/N-ethyl adjacent to an activating group) is 1. The first-order chi connectivity index (χ1) is 8.86. The van der Waals surface area contributed by atoms with E-state index in [1.54, 1.807) is 7.05 Å². The molecule has 106 valence electrons. The Kier molecular flexibility index (Phi) is 3.66. The third-order valence-corrected chi connectivity index (χ3v) is 5.26. The van der Waals surface area contributed by atoms with E-state index in [1.165, 1.54) is 21.1 Å². The number of amides is 1. The number of carbonyl (C=O) groups is 1. The number of aromatic nitrogens is 1. The number of sulfonamides is 1. The van der Waals surface area contributed by atoms with Crippen molar-refractivity contribution >= 4 is 15.9 Å². The van der Waals surface area contributed by atoms with Crippen LogP contribution in [0.25, 0.3) is 0 Å². The molecule has 0 spiro atoms. The molecule has 2 rings (SSSR count). The van der Waals surface area contributed by atoms with Crippen LogP contribution in [-0.2, 0) is 17.1 Å². The lowest BCUT2D eigenvalue weighted by atomic mass is 10.3. The SMILES string of the molecule is CNC1CCN(S(=O)(=O)c2cc(C(N)=O)n(C)c2)C1. The highest BCUT2D eigenvalue weighted by atomic mass is 32.2. The molecule has 1 aromatic heterocycles. The molecule has 0 saturated carbocycles. The molecule has 1 aromatic rings. The molecule has 0 radical (unpaired) electrons. The maximum Gasteiger partial charge on any atom is 0.265 e. The molecule has 1 aliphatic rings. The van der Waals surface area contributed by atoms with Gasteiger partial charge in [0.25, 0.3) is 5.91 Å². The van der Waals surface area contributed by atoms with Gasteiger partial charge in [0.2, 0.25) is 10.0 Å². The van der Waals surface area contributed by atoms with Crippen molar-refractivity contribution < 1.29 is 13.2 Å². The lowest BCUT2D eigenvalue weighted by Crippen LogP contribution is -2.33. The average Bonchev–Trinajstić information content (AvgIpc) is 2.95. The van der Waals surface area contributed by atoms with Crippen molar-refractivity contribution in [2.24, 2.45) is 12.8 Å². The van der Waals surface area contributed by atoms with E-state index in [-0.39, 0.29) is 16.6 Å². The van der Waals surface area contributed by atoms with E-state index in [2.05, 4.69) is 5.32 Å². The molecule has 7 nitrogen and oxygen atoms in total. The van der Waals surface area contributed by atoms with Crippen LogP contribution in [0, 0.1) is 0 Å². The normalized spacial score (nSPS) is 20.8. The van der Waals surface area contributed by atoms with Gasteiger partial charge in [-0.2, -0.15) is 4.31 Å². The molecule has 8 heteroatoms. The Morgan fingerprint density at radius 2 is 2.21 bits per heavy atom. The van der Waals surface area contributed by atoms with Crippen molar-refractivity contribution in [1.82, 2.24) is 14.2 Å². The van der Waals surface area contributed by atoms with E-state index in [4.69, 9.17) is 5.73 Å². The van der Waals surface area contributed by atoms with Gasteiger partial charge >= 0.3 is 0 Å². The number of nitrogens with zero attached hydrogens (tertiary/aromatic N) is 2. The molecule has 1 aliphatic heterocycles. The topological polar surface area (TPSA) is 97.4 Å². The summed E-state index contributed by atoms with van der Waals surface area (Å²) in [6.07, 6.45) is 2.20. The summed E-state index contributed by atoms with van der Waals surface area (Å²) >= 11 is 0. The van der Waals surface area contributed by atoms with Crippen LogP contribution in [0.15, 0.2) is 17.2 Å². The fraction of sp³-hybridized carbons (Fsp3) is 0.545. The number of rotatable bonds is 4. The van der Waals surface area contributed by atoms with E-state index in [1.807, 2.05) is 7.05 Å². The predicted octanol–water partition coefficient (Wildman–Crippen LogP) is -0.894. The molecule has 3 N–H and O–H groups in total. The fourth-order valence-corrected chi connectivity index (χ4v) is 3.82. The van der Waals surface area contributed by atoms with Crippen molar-refractivity contribution in [2.45, 2.75) is 17.4 Å². The lowest BCUT2D eigenvalue weighted by molar-refractivity contribution is 0.0992. The monoisotopic (exact) mass is 286 g/mol. The van der Waals surface area contributed by atoms with Crippen molar-refractivity contribution in [3.63, 3.8) is 0 Å². The van der Waals surface area contributed by atoms with E-state index in [9.17, 15) is 13.2 Å². The van der Waals surface area contributed by atoms with Crippen molar-refractivity contribution in [1.29, 1.82) is 0 Å². The molecular formula is C11H18N4O3S. The van der Waals surface area contributed by atoms with E-state index >= 15 is 0 Å². The van der Waals surface area contributed by atoms with Crippen LogP contribution in [0.3, 0.4) is 0 Å². The molecular weight excluding hydrogens is 268 g/mol. The lowest BCUT2D eigenvalue weighted by Gasteiger charge is -2.15. The third-order valence-electron chi connectivity index (χ3n) is 3.43. The number of aryl methyl sites for hydroxylation is 1. The van der Waals surface area contributed by atoms with Gasteiger partial charge in [-0.1, -0.05) is 0 Å². The summed E-state index contributed by atoms with van der Waals surface area (Å²) in [7, 11) is -0.141. The minimum atomic E-state index is -3.55. The molecule has 0 bridgehead atoms. The highest BCUT2D eigenvalue weighted by Gasteiger charge is 2.33. The van der Waals surface area contributed by atoms with E-state index < -0.39 is 15.9 Å². The molecule has 1 unspecified atom stereocenters. The number of hydrogen-bond donors (Lipinski definition) is 2. The number of carbonyl (C=O) groups excluding carboxylic acids is 1. The van der Waals surface area contributed by atoms with Crippen molar-refractivity contribution in [3.05, 3.63) is 18.0 Å². The summed E-state index contributed by atoms with van der Waals surface area (Å²) in [6, 6.07) is 1.50. The molecule has 19 heavy (non-hydrogen) atoms. The Labute approximate surface area is 112 Å². The van der Waals surface area contributed by atoms with Gasteiger partial charge in [0.05, 0.1) is 0 Å². The second-order valence-corrected chi connectivity index (χ2v) is 6.61. The molecule has 0 aromatic carbocycles. The molecule has 1 saturated heterocycles. The quantitative estimate of drug-likeness (QED) is 0.750. The zero-order valence-electron chi connectivity index (χ0n) is 11.0. The molecule has 0 aliphatic carbocycles. The predicted molar refractivity (Wildman–Crippen MR) is 70.2 cm³/mol. The first-order valence-electron chi connectivity index (χ1n) is 6.00. The number of primary amides is 1. The van der Waals surface area contributed by atoms with Crippen LogP contribution in [0.1, 0.15) is 16.9 Å². The summed E-state index contributed by atoms with van der Waals surface area (Å²) in [5.41, 5.74) is 5.37. The van der Waals surface area contributed by atoms with Gasteiger partial charge in [-0.05, 0) is 19.5 Å². The summed E-state index contributed by atoms with van der Waals surface area (Å²) in [5, 5.41) is 3.07. The molecule has 1 atom stereocenters. The van der Waals surface area contributed by atoms with Crippen LogP contribution in [-0.4, -0.2) is 49.4 Å². The van der Waals surface area contributed by atoms with Crippen LogP contribution in [0.2, 0.25) is 0 Å². The zero-order chi connectivity index (χ0) is 14.2. The van der Waals surface area contributed by atoms with Crippen LogP contribution < -0.4 is 11.1 Å². The Bertz CT molecular complexity index is 593. The van der Waals surface area contributed by atoms with Crippen LogP contribution in [0.5, 0.6) is 0 Å². The zero-order valence-corrected chi connectivity index (χ0v) is 11.8. The van der Waals surface area contributed by atoms with Crippen LogP contribution >= 0.6 is 0 Å². The summed E-state index contributed by atoms with van der Waals surface area (Å²) < 4.78 is 27.7. The van der Waals surface area contributed by atoms with Gasteiger partial charge in [-0.3, -0.25) is 4.79 Å². The van der Waals surface area contributed by atoms with Gasteiger partial charge in [0.1, 0.15) is 10.6 Å². The Balaban J connectivity index is 2.30. The highest BCUT2D eigenvalue weighted by molar-refractivity contribution is 7.89. The molecule has 1 amide bonds. The van der Waals surface area contributed by atoms with E-state index in [0.717, 1.165) is 6.42 Å². The number of hydrogen-bond acceptors (Lipinski definition) is 4. The average molecular weight is 286 g/mol. The van der Waals surface area contributed by atoms with Gasteiger partial charge in [-0.15, -0.1) is 0 Å². The first kappa shape index (κ1) is 14.0. The van der Waals surface area contributed by atoms with Gasteiger partial charge in [0, 0.05) is 32.4 Å². The van der Waals surface area contributed by atoms with E-state index in [0.29, 0.717) is 13.1 Å². The largest absolute Gasteiger partial charge is 0.364 e. The Hall–Kier alpha value is -1.38. The molecule has 1 fully saturated rings. The minimum Gasteiger partial charge on any atom is -0.364 e. The second kappa shape index (κ2) is 4.95. The maximum absolute atomic E-state index is 12.4. The van der Waals surface area contributed by atoms with Crippen LogP contribution in [0.4, 0.5) is 0 Å². The smallest absolute Gasteiger partial charge is 0.265 e. The summed E-state index contributed by atoms with van der Waals surface area (Å²) in [4.78, 5) is 11.3. The van der Waals surface area contributed by atoms with Crippen molar-refractivity contribution in [2.75, 3.05) is 20.1 Å². The standard InChI is InChI=1S/C11H18N4O3S/c1-13-8-3-4-15(6-8)19(17,18)9-5-10(11(12)16)14(2)7-9/h5,7-8,13H,3-4,6H2,1-2H3,(H2,12,16). The Morgan fingerprint density at radius 3 is 2.68 bits per heavy atom. The molecule has 2 heterocycles. The third kappa shape index (κ3) is 2.51.